The van der Waals surface area contributed by atoms with Crippen LogP contribution in [0.5, 0.6) is 5.88 Å². The second-order valence-corrected chi connectivity index (χ2v) is 4.61. The molecule has 1 aromatic heterocycles. The molecule has 0 fully saturated rings. The molecule has 0 N–H and O–H groups in total. The number of hydrogen-bond donors (Lipinski definition) is 0. The highest BCUT2D eigenvalue weighted by Crippen LogP contribution is 2.32. The first kappa shape index (κ1) is 12.0. The predicted octanol–water partition coefficient (Wildman–Crippen LogP) is 3.53. The Kier molecular flexibility index (Phi) is 3.43. The standard InChI is InChI=1S/C13H13BrN2O/c1-8-5-4-6-10(7-8)12-11(14)13(17-3)16-9(2)15-12/h4-7H,1-3H3. The van der Waals surface area contributed by atoms with Crippen LogP contribution in [0.3, 0.4) is 0 Å². The summed E-state index contributed by atoms with van der Waals surface area (Å²) in [5, 5.41) is 0. The SMILES string of the molecule is COc1nc(C)nc(-c2cccc(C)c2)c1Br. The lowest BCUT2D eigenvalue weighted by Gasteiger charge is -2.09. The number of nitrogens with zero attached hydrogens (tertiary/aromatic N) is 2. The highest BCUT2D eigenvalue weighted by Gasteiger charge is 2.12. The lowest BCUT2D eigenvalue weighted by atomic mass is 10.1. The van der Waals surface area contributed by atoms with Crippen LogP contribution in [0.2, 0.25) is 0 Å². The summed E-state index contributed by atoms with van der Waals surface area (Å²) in [6.07, 6.45) is 0. The van der Waals surface area contributed by atoms with Crippen LogP contribution in [0.15, 0.2) is 28.7 Å². The van der Waals surface area contributed by atoms with E-state index >= 15 is 0 Å². The van der Waals surface area contributed by atoms with Crippen molar-refractivity contribution < 1.29 is 4.74 Å². The van der Waals surface area contributed by atoms with Crippen LogP contribution in [-0.4, -0.2) is 17.1 Å². The lowest BCUT2D eigenvalue weighted by Crippen LogP contribution is -1.98. The van der Waals surface area contributed by atoms with Crippen LogP contribution in [0.4, 0.5) is 0 Å². The molecule has 0 saturated carbocycles. The molecule has 2 aromatic rings. The normalized spacial score (nSPS) is 10.4. The number of hydrogen-bond acceptors (Lipinski definition) is 3. The van der Waals surface area contributed by atoms with Crippen LogP contribution < -0.4 is 4.74 Å². The molecule has 3 nitrogen and oxygen atoms in total. The Hall–Kier alpha value is -1.42. The predicted molar refractivity (Wildman–Crippen MR) is 71.2 cm³/mol. The molecule has 0 aliphatic carbocycles. The number of aromatic nitrogens is 2. The van der Waals surface area contributed by atoms with Gasteiger partial charge in [0.2, 0.25) is 5.88 Å². The van der Waals surface area contributed by atoms with E-state index in [1.807, 2.05) is 19.1 Å². The summed E-state index contributed by atoms with van der Waals surface area (Å²) in [7, 11) is 1.60. The van der Waals surface area contributed by atoms with Crippen molar-refractivity contribution in [2.45, 2.75) is 13.8 Å². The molecule has 0 spiro atoms. The first-order valence-corrected chi connectivity index (χ1v) is 6.06. The molecule has 0 aliphatic heterocycles. The first-order valence-electron chi connectivity index (χ1n) is 5.27. The second-order valence-electron chi connectivity index (χ2n) is 3.81. The summed E-state index contributed by atoms with van der Waals surface area (Å²) in [6, 6.07) is 8.19. The van der Waals surface area contributed by atoms with E-state index in [1.165, 1.54) is 5.56 Å². The minimum Gasteiger partial charge on any atom is -0.480 e. The van der Waals surface area contributed by atoms with Crippen molar-refractivity contribution in [2.24, 2.45) is 0 Å². The summed E-state index contributed by atoms with van der Waals surface area (Å²) in [6.45, 7) is 3.91. The van der Waals surface area contributed by atoms with Gasteiger partial charge >= 0.3 is 0 Å². The zero-order valence-electron chi connectivity index (χ0n) is 9.99. The van der Waals surface area contributed by atoms with Gasteiger partial charge in [-0.2, -0.15) is 4.98 Å². The van der Waals surface area contributed by atoms with Gasteiger partial charge in [0.1, 0.15) is 10.3 Å². The topological polar surface area (TPSA) is 35.0 Å². The van der Waals surface area contributed by atoms with Gasteiger partial charge in [-0.3, -0.25) is 0 Å². The Labute approximate surface area is 109 Å². The Morgan fingerprint density at radius 3 is 2.59 bits per heavy atom. The average molecular weight is 293 g/mol. The molecule has 17 heavy (non-hydrogen) atoms. The smallest absolute Gasteiger partial charge is 0.231 e. The van der Waals surface area contributed by atoms with Crippen LogP contribution in [0.1, 0.15) is 11.4 Å². The molecule has 0 atom stereocenters. The van der Waals surface area contributed by atoms with E-state index < -0.39 is 0 Å². The molecule has 0 saturated heterocycles. The highest BCUT2D eigenvalue weighted by atomic mass is 79.9. The number of aryl methyl sites for hydroxylation is 2. The minimum absolute atomic E-state index is 0.564. The second kappa shape index (κ2) is 4.84. The monoisotopic (exact) mass is 292 g/mol. The fourth-order valence-electron chi connectivity index (χ4n) is 1.65. The van der Waals surface area contributed by atoms with Gasteiger partial charge in [-0.15, -0.1) is 0 Å². The van der Waals surface area contributed by atoms with E-state index in [2.05, 4.69) is 45.0 Å². The molecule has 0 unspecified atom stereocenters. The van der Waals surface area contributed by atoms with Gasteiger partial charge in [0.05, 0.1) is 12.8 Å². The molecule has 1 heterocycles. The fraction of sp³-hybridized carbons (Fsp3) is 0.231. The maximum absolute atomic E-state index is 5.22. The van der Waals surface area contributed by atoms with E-state index in [0.29, 0.717) is 11.7 Å². The van der Waals surface area contributed by atoms with Crippen molar-refractivity contribution >= 4 is 15.9 Å². The zero-order chi connectivity index (χ0) is 12.4. The summed E-state index contributed by atoms with van der Waals surface area (Å²) >= 11 is 3.49. The van der Waals surface area contributed by atoms with Crippen LogP contribution in [0, 0.1) is 13.8 Å². The maximum Gasteiger partial charge on any atom is 0.231 e. The molecule has 2 rings (SSSR count). The molecule has 0 aliphatic rings. The summed E-state index contributed by atoms with van der Waals surface area (Å²) in [5.41, 5.74) is 3.11. The van der Waals surface area contributed by atoms with Gasteiger partial charge in [0.25, 0.3) is 0 Å². The number of methoxy groups -OCH3 is 1. The third-order valence-electron chi connectivity index (χ3n) is 2.42. The van der Waals surface area contributed by atoms with Gasteiger partial charge in [-0.25, -0.2) is 4.98 Å². The highest BCUT2D eigenvalue weighted by molar-refractivity contribution is 9.10. The minimum atomic E-state index is 0.564. The molecule has 88 valence electrons. The molecule has 0 bridgehead atoms. The van der Waals surface area contributed by atoms with Crippen molar-refractivity contribution in [3.63, 3.8) is 0 Å². The van der Waals surface area contributed by atoms with E-state index in [4.69, 9.17) is 4.74 Å². The van der Waals surface area contributed by atoms with Crippen molar-refractivity contribution in [1.29, 1.82) is 0 Å². The Balaban J connectivity index is 2.63. The number of halogens is 1. The molecule has 0 radical (unpaired) electrons. The number of rotatable bonds is 2. The van der Waals surface area contributed by atoms with Crippen molar-refractivity contribution in [1.82, 2.24) is 9.97 Å². The first-order chi connectivity index (χ1) is 8.11. The average Bonchev–Trinajstić information content (AvgIpc) is 2.31. The third-order valence-corrected chi connectivity index (χ3v) is 3.13. The van der Waals surface area contributed by atoms with Gasteiger partial charge in [0, 0.05) is 5.56 Å². The van der Waals surface area contributed by atoms with Crippen molar-refractivity contribution in [3.05, 3.63) is 40.1 Å². The van der Waals surface area contributed by atoms with Gasteiger partial charge < -0.3 is 4.74 Å². The molecule has 1 aromatic carbocycles. The largest absolute Gasteiger partial charge is 0.480 e. The number of ether oxygens (including phenoxy) is 1. The Morgan fingerprint density at radius 2 is 1.94 bits per heavy atom. The number of benzene rings is 1. The van der Waals surface area contributed by atoms with Gasteiger partial charge in [-0.05, 0) is 35.8 Å². The Bertz CT molecular complexity index is 555. The third kappa shape index (κ3) is 2.47. The summed E-state index contributed by atoms with van der Waals surface area (Å²) < 4.78 is 6.01. The Morgan fingerprint density at radius 1 is 1.18 bits per heavy atom. The van der Waals surface area contributed by atoms with E-state index in [-0.39, 0.29) is 0 Å². The molecule has 0 amide bonds. The lowest BCUT2D eigenvalue weighted by molar-refractivity contribution is 0.393. The summed E-state index contributed by atoms with van der Waals surface area (Å²) in [5.74, 6) is 1.26. The zero-order valence-corrected chi connectivity index (χ0v) is 11.6. The van der Waals surface area contributed by atoms with E-state index in [0.717, 1.165) is 15.7 Å². The summed E-state index contributed by atoms with van der Waals surface area (Å²) in [4.78, 5) is 8.67. The van der Waals surface area contributed by atoms with Crippen LogP contribution in [0.25, 0.3) is 11.3 Å². The van der Waals surface area contributed by atoms with Gasteiger partial charge in [0.15, 0.2) is 0 Å². The van der Waals surface area contributed by atoms with Crippen molar-refractivity contribution in [2.75, 3.05) is 7.11 Å². The maximum atomic E-state index is 5.22. The van der Waals surface area contributed by atoms with Crippen LogP contribution >= 0.6 is 15.9 Å². The fourth-order valence-corrected chi connectivity index (χ4v) is 2.22. The van der Waals surface area contributed by atoms with Crippen molar-refractivity contribution in [3.8, 4) is 17.1 Å². The van der Waals surface area contributed by atoms with Crippen LogP contribution in [-0.2, 0) is 0 Å². The quantitative estimate of drug-likeness (QED) is 0.849. The van der Waals surface area contributed by atoms with E-state index in [1.54, 1.807) is 7.11 Å². The van der Waals surface area contributed by atoms with E-state index in [9.17, 15) is 0 Å². The van der Waals surface area contributed by atoms with Gasteiger partial charge in [-0.1, -0.05) is 23.8 Å². The molecular weight excluding hydrogens is 280 g/mol. The molecule has 4 heteroatoms. The molecular formula is C13H13BrN2O.